The van der Waals surface area contributed by atoms with Gasteiger partial charge in [-0.1, -0.05) is 6.58 Å². The first kappa shape index (κ1) is 6.81. The zero-order valence-corrected chi connectivity index (χ0v) is 5.68. The Labute approximate surface area is 58.9 Å². The molecule has 10 heavy (non-hydrogen) atoms. The summed E-state index contributed by atoms with van der Waals surface area (Å²) in [5, 5.41) is 8.55. The number of rotatable bonds is 0. The van der Waals surface area contributed by atoms with Gasteiger partial charge in [0.1, 0.15) is 6.61 Å². The number of hydrogen-bond acceptors (Lipinski definition) is 3. The van der Waals surface area contributed by atoms with Crippen LogP contribution in [-0.2, 0) is 9.53 Å². The maximum Gasteiger partial charge on any atom is 0.330 e. The van der Waals surface area contributed by atoms with Crippen molar-refractivity contribution in [2.24, 2.45) is 5.41 Å². The number of carbonyl (C=O) groups excluding carboxylic acids is 1. The third-order valence-corrected chi connectivity index (χ3v) is 1.72. The fraction of sp³-hybridized carbons (Fsp3) is 0.429. The molecule has 1 fully saturated rings. The molecule has 0 saturated carbocycles. The molecule has 0 amide bonds. The summed E-state index contributed by atoms with van der Waals surface area (Å²) in [6.07, 6.45) is 0. The smallest absolute Gasteiger partial charge is 0.330 e. The number of nitriles is 1. The van der Waals surface area contributed by atoms with Crippen molar-refractivity contribution in [3.8, 4) is 6.07 Å². The molecule has 0 bridgehead atoms. The van der Waals surface area contributed by atoms with Gasteiger partial charge >= 0.3 is 5.97 Å². The summed E-state index contributed by atoms with van der Waals surface area (Å²) in [5.41, 5.74) is -0.556. The molecule has 0 aromatic carbocycles. The van der Waals surface area contributed by atoms with Crippen LogP contribution in [0.25, 0.3) is 0 Å². The fourth-order valence-corrected chi connectivity index (χ4v) is 0.710. The number of ether oxygens (including phenoxy) is 1. The van der Waals surface area contributed by atoms with E-state index in [1.807, 2.05) is 6.07 Å². The minimum absolute atomic E-state index is 0.183. The van der Waals surface area contributed by atoms with E-state index in [1.165, 1.54) is 6.92 Å². The first-order chi connectivity index (χ1) is 4.61. The second-order valence-electron chi connectivity index (χ2n) is 2.42. The largest absolute Gasteiger partial charge is 0.460 e. The predicted octanol–water partition coefficient (Wildman–Crippen LogP) is 0.629. The molecular formula is C7H7NO2. The molecule has 1 atom stereocenters. The zero-order chi connectivity index (χ0) is 7.78. The molecule has 1 aliphatic rings. The van der Waals surface area contributed by atoms with Gasteiger partial charge in [0.05, 0.1) is 6.07 Å². The van der Waals surface area contributed by atoms with Crippen LogP contribution < -0.4 is 0 Å². The zero-order valence-electron chi connectivity index (χ0n) is 5.68. The van der Waals surface area contributed by atoms with Crippen molar-refractivity contribution < 1.29 is 9.53 Å². The number of esters is 1. The molecule has 1 aliphatic heterocycles. The molecule has 0 spiro atoms. The first-order valence-corrected chi connectivity index (χ1v) is 2.88. The number of hydrogen-bond donors (Lipinski definition) is 0. The summed E-state index contributed by atoms with van der Waals surface area (Å²) in [4.78, 5) is 10.8. The Bertz CT molecular complexity index is 220. The van der Waals surface area contributed by atoms with Gasteiger partial charge in [-0.15, -0.1) is 0 Å². The van der Waals surface area contributed by atoms with Crippen LogP contribution in [0.2, 0.25) is 0 Å². The highest BCUT2D eigenvalue weighted by Gasteiger charge is 2.43. The highest BCUT2D eigenvalue weighted by atomic mass is 16.5. The Hall–Kier alpha value is -1.30. The van der Waals surface area contributed by atoms with Crippen molar-refractivity contribution in [2.75, 3.05) is 6.61 Å². The molecule has 0 aromatic heterocycles. The van der Waals surface area contributed by atoms with E-state index in [0.717, 1.165) is 0 Å². The summed E-state index contributed by atoms with van der Waals surface area (Å²) in [7, 11) is 0. The number of nitrogens with zero attached hydrogens (tertiary/aromatic N) is 1. The van der Waals surface area contributed by atoms with Gasteiger partial charge < -0.3 is 4.74 Å². The first-order valence-electron chi connectivity index (χ1n) is 2.88. The highest BCUT2D eigenvalue weighted by molar-refractivity contribution is 5.86. The van der Waals surface area contributed by atoms with Gasteiger partial charge in [0, 0.05) is 0 Å². The quantitative estimate of drug-likeness (QED) is 0.363. The van der Waals surface area contributed by atoms with Gasteiger partial charge in [-0.2, -0.15) is 5.26 Å². The van der Waals surface area contributed by atoms with Gasteiger partial charge in [0.25, 0.3) is 0 Å². The Morgan fingerprint density at radius 2 is 2.50 bits per heavy atom. The number of cyclic esters (lactones) is 1. The average molecular weight is 137 g/mol. The second kappa shape index (κ2) is 1.84. The van der Waals surface area contributed by atoms with Gasteiger partial charge in [-0.05, 0) is 12.5 Å². The van der Waals surface area contributed by atoms with Crippen molar-refractivity contribution in [2.45, 2.75) is 6.92 Å². The van der Waals surface area contributed by atoms with E-state index in [0.29, 0.717) is 5.57 Å². The van der Waals surface area contributed by atoms with Crippen LogP contribution in [0.1, 0.15) is 6.92 Å². The van der Waals surface area contributed by atoms with Crippen LogP contribution in [0.4, 0.5) is 0 Å². The van der Waals surface area contributed by atoms with E-state index in [9.17, 15) is 4.79 Å². The van der Waals surface area contributed by atoms with E-state index in [2.05, 4.69) is 11.3 Å². The lowest BCUT2D eigenvalue weighted by Crippen LogP contribution is -2.20. The molecule has 0 aromatic rings. The minimum Gasteiger partial charge on any atom is -0.460 e. The molecular weight excluding hydrogens is 130 g/mol. The predicted molar refractivity (Wildman–Crippen MR) is 33.8 cm³/mol. The van der Waals surface area contributed by atoms with Crippen molar-refractivity contribution in [3.63, 3.8) is 0 Å². The standard InChI is InChI=1S/C7H7NO2/c1-5-3-10-6(9)7(5,2)4-8/h1,3H2,2H3. The summed E-state index contributed by atoms with van der Waals surface area (Å²) >= 11 is 0. The van der Waals surface area contributed by atoms with Gasteiger partial charge in [0.15, 0.2) is 5.41 Å². The van der Waals surface area contributed by atoms with Crippen molar-refractivity contribution in [1.82, 2.24) is 0 Å². The monoisotopic (exact) mass is 137 g/mol. The van der Waals surface area contributed by atoms with Crippen molar-refractivity contribution in [1.29, 1.82) is 5.26 Å². The lowest BCUT2D eigenvalue weighted by molar-refractivity contribution is -0.143. The van der Waals surface area contributed by atoms with E-state index < -0.39 is 11.4 Å². The third-order valence-electron chi connectivity index (χ3n) is 1.72. The normalized spacial score (nSPS) is 31.6. The van der Waals surface area contributed by atoms with Gasteiger partial charge in [0.2, 0.25) is 0 Å². The summed E-state index contributed by atoms with van der Waals surface area (Å²) in [6.45, 7) is 5.26. The fourth-order valence-electron chi connectivity index (χ4n) is 0.710. The van der Waals surface area contributed by atoms with Crippen LogP contribution in [0.15, 0.2) is 12.2 Å². The minimum atomic E-state index is -1.10. The molecule has 0 radical (unpaired) electrons. The lowest BCUT2D eigenvalue weighted by atomic mass is 9.87. The van der Waals surface area contributed by atoms with Crippen LogP contribution in [0, 0.1) is 16.7 Å². The lowest BCUT2D eigenvalue weighted by Gasteiger charge is -2.07. The third kappa shape index (κ3) is 0.623. The molecule has 1 unspecified atom stereocenters. The molecule has 1 rings (SSSR count). The molecule has 0 aliphatic carbocycles. The molecule has 1 saturated heterocycles. The molecule has 3 heteroatoms. The highest BCUT2D eigenvalue weighted by Crippen LogP contribution is 2.32. The van der Waals surface area contributed by atoms with Crippen molar-refractivity contribution >= 4 is 5.97 Å². The summed E-state index contributed by atoms with van der Waals surface area (Å²) in [5.74, 6) is -0.486. The van der Waals surface area contributed by atoms with Crippen LogP contribution in [0.5, 0.6) is 0 Å². The van der Waals surface area contributed by atoms with Crippen LogP contribution >= 0.6 is 0 Å². The Morgan fingerprint density at radius 1 is 1.90 bits per heavy atom. The summed E-state index contributed by atoms with van der Waals surface area (Å²) in [6, 6.07) is 1.87. The van der Waals surface area contributed by atoms with Gasteiger partial charge in [-0.25, -0.2) is 4.79 Å². The molecule has 0 N–H and O–H groups in total. The van der Waals surface area contributed by atoms with E-state index >= 15 is 0 Å². The average Bonchev–Trinajstić information content (AvgIpc) is 2.18. The topological polar surface area (TPSA) is 50.1 Å². The van der Waals surface area contributed by atoms with Crippen LogP contribution in [-0.4, -0.2) is 12.6 Å². The van der Waals surface area contributed by atoms with Gasteiger partial charge in [-0.3, -0.25) is 0 Å². The van der Waals surface area contributed by atoms with E-state index in [1.54, 1.807) is 0 Å². The molecule has 3 nitrogen and oxygen atoms in total. The van der Waals surface area contributed by atoms with Crippen molar-refractivity contribution in [3.05, 3.63) is 12.2 Å². The van der Waals surface area contributed by atoms with E-state index in [4.69, 9.17) is 5.26 Å². The Morgan fingerprint density at radius 3 is 2.70 bits per heavy atom. The molecule has 52 valence electrons. The number of carbonyl (C=O) groups is 1. The SMILES string of the molecule is C=C1COC(=O)C1(C)C#N. The molecule has 1 heterocycles. The Balaban J connectivity index is 3.05. The summed E-state index contributed by atoms with van der Waals surface area (Å²) < 4.78 is 4.61. The maximum absolute atomic E-state index is 10.8. The maximum atomic E-state index is 10.8. The van der Waals surface area contributed by atoms with Crippen LogP contribution in [0.3, 0.4) is 0 Å². The Kier molecular flexibility index (Phi) is 1.26. The second-order valence-corrected chi connectivity index (χ2v) is 2.42. The van der Waals surface area contributed by atoms with E-state index in [-0.39, 0.29) is 6.61 Å².